The van der Waals surface area contributed by atoms with E-state index in [1.54, 1.807) is 0 Å². The van der Waals surface area contributed by atoms with E-state index in [4.69, 9.17) is 4.74 Å². The first-order valence-corrected chi connectivity index (χ1v) is 8.54. The Kier molecular flexibility index (Phi) is 4.34. The number of nitrogens with one attached hydrogen (secondary N) is 1. The lowest BCUT2D eigenvalue weighted by Gasteiger charge is -2.26. The second kappa shape index (κ2) is 6.19. The third-order valence-corrected chi connectivity index (χ3v) is 5.49. The molecule has 3 rings (SSSR count). The van der Waals surface area contributed by atoms with Crippen LogP contribution < -0.4 is 10.1 Å². The predicted octanol–water partition coefficient (Wildman–Crippen LogP) is 3.56. The summed E-state index contributed by atoms with van der Waals surface area (Å²) in [5.74, 6) is 2.48. The van der Waals surface area contributed by atoms with Crippen LogP contribution in [0.3, 0.4) is 0 Å². The molecule has 2 unspecified atom stereocenters. The number of benzene rings is 1. The molecular weight excluding hydrogens is 254 g/mol. The Morgan fingerprint density at radius 2 is 2.42 bits per heavy atom. The zero-order chi connectivity index (χ0) is 13.1. The molecule has 2 aliphatic rings. The van der Waals surface area contributed by atoms with Gasteiger partial charge in [0.05, 0.1) is 6.61 Å². The fourth-order valence-electron chi connectivity index (χ4n) is 3.09. The Morgan fingerprint density at radius 3 is 3.21 bits per heavy atom. The van der Waals surface area contributed by atoms with Crippen LogP contribution >= 0.6 is 11.8 Å². The van der Waals surface area contributed by atoms with Crippen molar-refractivity contribution in [3.05, 3.63) is 29.3 Å². The van der Waals surface area contributed by atoms with Gasteiger partial charge in [0.2, 0.25) is 0 Å². The summed E-state index contributed by atoms with van der Waals surface area (Å²) in [7, 11) is 0. The summed E-state index contributed by atoms with van der Waals surface area (Å²) >= 11 is 2.12. The highest BCUT2D eigenvalue weighted by molar-refractivity contribution is 8.00. The molecule has 2 nitrogen and oxygen atoms in total. The minimum Gasteiger partial charge on any atom is -0.493 e. The van der Waals surface area contributed by atoms with Crippen molar-refractivity contribution in [3.63, 3.8) is 0 Å². The lowest BCUT2D eigenvalue weighted by atomic mass is 9.97. The van der Waals surface area contributed by atoms with Crippen LogP contribution in [0.2, 0.25) is 0 Å². The number of hydrogen-bond donors (Lipinski definition) is 1. The number of fused-ring (bicyclic) bond motifs is 1. The van der Waals surface area contributed by atoms with Crippen molar-refractivity contribution >= 4 is 11.8 Å². The summed E-state index contributed by atoms with van der Waals surface area (Å²) in [6.07, 6.45) is 4.94. The molecule has 104 valence electrons. The maximum Gasteiger partial charge on any atom is 0.127 e. The summed E-state index contributed by atoms with van der Waals surface area (Å²) in [6.45, 7) is 4.17. The van der Waals surface area contributed by atoms with Gasteiger partial charge in [-0.05, 0) is 37.1 Å². The van der Waals surface area contributed by atoms with Crippen LogP contribution in [0.15, 0.2) is 18.2 Å². The van der Waals surface area contributed by atoms with Gasteiger partial charge < -0.3 is 10.1 Å². The van der Waals surface area contributed by atoms with Gasteiger partial charge in [0, 0.05) is 23.3 Å². The fourth-order valence-corrected chi connectivity index (χ4v) is 4.50. The molecular formula is C16H23NOS. The van der Waals surface area contributed by atoms with E-state index in [2.05, 4.69) is 42.2 Å². The monoisotopic (exact) mass is 277 g/mol. The summed E-state index contributed by atoms with van der Waals surface area (Å²) in [5, 5.41) is 4.47. The van der Waals surface area contributed by atoms with Gasteiger partial charge in [-0.15, -0.1) is 0 Å². The van der Waals surface area contributed by atoms with Gasteiger partial charge in [0.25, 0.3) is 0 Å². The van der Waals surface area contributed by atoms with Crippen molar-refractivity contribution < 1.29 is 4.74 Å². The van der Waals surface area contributed by atoms with Crippen molar-refractivity contribution in [1.29, 1.82) is 0 Å². The molecule has 0 aromatic heterocycles. The van der Waals surface area contributed by atoms with Crippen LogP contribution in [0.5, 0.6) is 5.75 Å². The molecule has 0 bridgehead atoms. The van der Waals surface area contributed by atoms with Crippen LogP contribution in [0.1, 0.15) is 43.4 Å². The molecule has 2 aliphatic heterocycles. The van der Waals surface area contributed by atoms with Crippen LogP contribution in [0.4, 0.5) is 0 Å². The van der Waals surface area contributed by atoms with E-state index in [-0.39, 0.29) is 0 Å². The standard InChI is InChI=1S/C16H23NOS/c1-2-9-17-15(14-7-4-11-19-14)13-6-3-5-12-8-10-18-16(12)13/h3,5-6,14-15,17H,2,4,7-11H2,1H3. The molecule has 2 atom stereocenters. The molecule has 1 fully saturated rings. The Hall–Kier alpha value is -0.670. The van der Waals surface area contributed by atoms with E-state index in [0.29, 0.717) is 11.3 Å². The highest BCUT2D eigenvalue weighted by atomic mass is 32.2. The zero-order valence-corrected chi connectivity index (χ0v) is 12.5. The molecule has 1 aromatic rings. The average Bonchev–Trinajstić information content (AvgIpc) is 3.10. The molecule has 1 N–H and O–H groups in total. The van der Waals surface area contributed by atoms with Gasteiger partial charge >= 0.3 is 0 Å². The quantitative estimate of drug-likeness (QED) is 0.889. The molecule has 2 heterocycles. The van der Waals surface area contributed by atoms with Crippen molar-refractivity contribution in [2.75, 3.05) is 18.9 Å². The molecule has 0 aliphatic carbocycles. The zero-order valence-electron chi connectivity index (χ0n) is 11.7. The summed E-state index contributed by atoms with van der Waals surface area (Å²) in [4.78, 5) is 0. The summed E-state index contributed by atoms with van der Waals surface area (Å²) in [5.41, 5.74) is 2.78. The summed E-state index contributed by atoms with van der Waals surface area (Å²) < 4.78 is 5.90. The molecule has 0 saturated carbocycles. The molecule has 19 heavy (non-hydrogen) atoms. The van der Waals surface area contributed by atoms with E-state index >= 15 is 0 Å². The van der Waals surface area contributed by atoms with E-state index < -0.39 is 0 Å². The Labute approximate surface area is 120 Å². The number of rotatable bonds is 5. The Morgan fingerprint density at radius 1 is 1.47 bits per heavy atom. The van der Waals surface area contributed by atoms with Crippen LogP contribution in [-0.4, -0.2) is 24.2 Å². The van der Waals surface area contributed by atoms with Gasteiger partial charge in [-0.2, -0.15) is 11.8 Å². The molecule has 1 saturated heterocycles. The first kappa shape index (κ1) is 13.3. The van der Waals surface area contributed by atoms with Gasteiger partial charge in [0.15, 0.2) is 0 Å². The predicted molar refractivity (Wildman–Crippen MR) is 82.2 cm³/mol. The van der Waals surface area contributed by atoms with Gasteiger partial charge in [-0.1, -0.05) is 25.1 Å². The first-order valence-electron chi connectivity index (χ1n) is 7.49. The molecule has 0 spiro atoms. The average molecular weight is 277 g/mol. The number of hydrogen-bond acceptors (Lipinski definition) is 3. The van der Waals surface area contributed by atoms with Crippen molar-refractivity contribution in [3.8, 4) is 5.75 Å². The van der Waals surface area contributed by atoms with Crippen LogP contribution in [-0.2, 0) is 6.42 Å². The Balaban J connectivity index is 1.88. The van der Waals surface area contributed by atoms with E-state index in [1.807, 2.05) is 0 Å². The highest BCUT2D eigenvalue weighted by Gasteiger charge is 2.30. The van der Waals surface area contributed by atoms with Gasteiger partial charge in [-0.3, -0.25) is 0 Å². The topological polar surface area (TPSA) is 21.3 Å². The van der Waals surface area contributed by atoms with E-state index in [1.165, 1.54) is 41.9 Å². The first-order chi connectivity index (χ1) is 9.40. The fraction of sp³-hybridized carbons (Fsp3) is 0.625. The Bertz CT molecular complexity index is 429. The minimum atomic E-state index is 0.459. The minimum absolute atomic E-state index is 0.459. The second-order valence-electron chi connectivity index (χ2n) is 5.42. The van der Waals surface area contributed by atoms with Gasteiger partial charge in [0.1, 0.15) is 5.75 Å². The van der Waals surface area contributed by atoms with Crippen LogP contribution in [0, 0.1) is 0 Å². The van der Waals surface area contributed by atoms with Crippen LogP contribution in [0.25, 0.3) is 0 Å². The highest BCUT2D eigenvalue weighted by Crippen LogP contribution is 2.41. The lowest BCUT2D eigenvalue weighted by molar-refractivity contribution is 0.347. The van der Waals surface area contributed by atoms with Crippen molar-refractivity contribution in [2.24, 2.45) is 0 Å². The number of thioether (sulfide) groups is 1. The van der Waals surface area contributed by atoms with E-state index in [9.17, 15) is 0 Å². The van der Waals surface area contributed by atoms with Gasteiger partial charge in [-0.25, -0.2) is 0 Å². The molecule has 0 amide bonds. The second-order valence-corrected chi connectivity index (χ2v) is 6.76. The molecule has 0 radical (unpaired) electrons. The smallest absolute Gasteiger partial charge is 0.127 e. The number of ether oxygens (including phenoxy) is 1. The van der Waals surface area contributed by atoms with Crippen molar-refractivity contribution in [1.82, 2.24) is 5.32 Å². The third-order valence-electron chi connectivity index (χ3n) is 4.03. The summed E-state index contributed by atoms with van der Waals surface area (Å²) in [6, 6.07) is 7.13. The SMILES string of the molecule is CCCNC(c1cccc2c1OCC2)C1CCCS1. The third kappa shape index (κ3) is 2.77. The normalized spacial score (nSPS) is 23.1. The van der Waals surface area contributed by atoms with E-state index in [0.717, 1.165) is 19.6 Å². The maximum absolute atomic E-state index is 5.90. The molecule has 1 aromatic carbocycles. The van der Waals surface area contributed by atoms with Crippen molar-refractivity contribution in [2.45, 2.75) is 43.9 Å². The lowest BCUT2D eigenvalue weighted by Crippen LogP contribution is -2.30. The maximum atomic E-state index is 5.90. The molecule has 3 heteroatoms. The largest absolute Gasteiger partial charge is 0.493 e. The number of para-hydroxylation sites is 1.